The molecule has 1 aliphatic rings. The van der Waals surface area contributed by atoms with E-state index in [0.29, 0.717) is 50.4 Å². The summed E-state index contributed by atoms with van der Waals surface area (Å²) in [6.45, 7) is 7.67. The van der Waals surface area contributed by atoms with Gasteiger partial charge in [-0.2, -0.15) is 26.3 Å². The summed E-state index contributed by atoms with van der Waals surface area (Å²) >= 11 is 0. The molecule has 0 heterocycles. The first-order valence-electron chi connectivity index (χ1n) is 18.5. The summed E-state index contributed by atoms with van der Waals surface area (Å²) in [5.41, 5.74) is -2.45. The summed E-state index contributed by atoms with van der Waals surface area (Å²) in [6.07, 6.45) is 7.48. The minimum absolute atomic E-state index is 0.00728. The Morgan fingerprint density at radius 3 is 1.91 bits per heavy atom. The maximum atomic E-state index is 14.6. The van der Waals surface area contributed by atoms with Crippen molar-refractivity contribution in [1.82, 2.24) is 0 Å². The number of carbonyl (C=O) groups excluding carboxylic acids is 2. The second-order valence-electron chi connectivity index (χ2n) is 13.3. The zero-order chi connectivity index (χ0) is 40.6. The first-order chi connectivity index (χ1) is 26.8. The summed E-state index contributed by atoms with van der Waals surface area (Å²) in [7, 11) is 0. The number of halogens is 6. The Balaban J connectivity index is 1.39. The molecule has 1 unspecified atom stereocenters. The average molecular weight is 781 g/mol. The van der Waals surface area contributed by atoms with Gasteiger partial charge in [0.15, 0.2) is 5.78 Å². The lowest BCUT2D eigenvalue weighted by Crippen LogP contribution is -2.19. The minimum atomic E-state index is -5.30. The molecule has 0 amide bonds. The van der Waals surface area contributed by atoms with Crippen LogP contribution < -0.4 is 4.74 Å². The summed E-state index contributed by atoms with van der Waals surface area (Å²) in [4.78, 5) is 22.3. The van der Waals surface area contributed by atoms with Gasteiger partial charge in [-0.05, 0) is 109 Å². The van der Waals surface area contributed by atoms with Crippen LogP contribution in [0, 0.1) is 5.92 Å². The van der Waals surface area contributed by atoms with Crippen LogP contribution in [-0.4, -0.2) is 31.6 Å². The molecule has 0 fully saturated rings. The number of ketones is 1. The Hall–Kier alpha value is -5.32. The first-order valence-corrected chi connectivity index (χ1v) is 18.5. The fraction of sp³-hybridized carbons (Fsp3) is 0.333. The van der Waals surface area contributed by atoms with E-state index in [9.17, 15) is 35.9 Å². The molecule has 3 aromatic carbocycles. The van der Waals surface area contributed by atoms with Gasteiger partial charge in [0.1, 0.15) is 5.75 Å². The molecule has 0 radical (unpaired) electrons. The average Bonchev–Trinajstić information content (AvgIpc) is 3.18. The maximum Gasteiger partial charge on any atom is 0.417 e. The molecular weight excluding hydrogens is 734 g/mol. The van der Waals surface area contributed by atoms with Crippen molar-refractivity contribution in [2.24, 2.45) is 5.92 Å². The number of hydrogen-bond acceptors (Lipinski definition) is 5. The van der Waals surface area contributed by atoms with Gasteiger partial charge in [0.25, 0.3) is 0 Å². The SMILES string of the molecule is C=CC(=O)CCCO/C=C/C1CC=C(CCc2ccc(-c3ccc(-c4ccc(OCC/C=C\CCOC(=O)C=C)cc4)c(C(F)(F)F)c3C(F)(F)F)cc2)CC1. The lowest BCUT2D eigenvalue weighted by molar-refractivity contribution is -0.161. The van der Waals surface area contributed by atoms with E-state index >= 15 is 0 Å². The van der Waals surface area contributed by atoms with E-state index in [1.54, 1.807) is 18.4 Å². The molecule has 0 saturated heterocycles. The van der Waals surface area contributed by atoms with Crippen LogP contribution in [0.4, 0.5) is 26.3 Å². The van der Waals surface area contributed by atoms with E-state index in [1.165, 1.54) is 48.0 Å². The molecule has 0 saturated carbocycles. The van der Waals surface area contributed by atoms with Crippen molar-refractivity contribution in [3.63, 3.8) is 0 Å². The smallest absolute Gasteiger partial charge is 0.417 e. The second-order valence-corrected chi connectivity index (χ2v) is 13.3. The molecule has 1 aliphatic carbocycles. The topological polar surface area (TPSA) is 61.8 Å². The predicted molar refractivity (Wildman–Crippen MR) is 206 cm³/mol. The highest BCUT2D eigenvalue weighted by atomic mass is 19.4. The van der Waals surface area contributed by atoms with Crippen molar-refractivity contribution in [2.45, 2.75) is 70.1 Å². The fourth-order valence-corrected chi connectivity index (χ4v) is 6.30. The van der Waals surface area contributed by atoms with Gasteiger partial charge in [-0.1, -0.05) is 85.5 Å². The number of aryl methyl sites for hydroxylation is 1. The van der Waals surface area contributed by atoms with Crippen LogP contribution in [0.2, 0.25) is 0 Å². The highest BCUT2D eigenvalue weighted by Gasteiger charge is 2.47. The predicted octanol–water partition coefficient (Wildman–Crippen LogP) is 12.2. The van der Waals surface area contributed by atoms with Crippen LogP contribution in [-0.2, 0) is 37.8 Å². The van der Waals surface area contributed by atoms with Gasteiger partial charge in [-0.3, -0.25) is 4.79 Å². The number of esters is 1. The highest BCUT2D eigenvalue weighted by Crippen LogP contribution is 2.49. The summed E-state index contributed by atoms with van der Waals surface area (Å²) in [6, 6.07) is 13.9. The molecule has 5 nitrogen and oxygen atoms in total. The van der Waals surface area contributed by atoms with Crippen molar-refractivity contribution < 1.29 is 50.1 Å². The van der Waals surface area contributed by atoms with Crippen LogP contribution in [0.3, 0.4) is 0 Å². The van der Waals surface area contributed by atoms with Crippen LogP contribution >= 0.6 is 0 Å². The van der Waals surface area contributed by atoms with Gasteiger partial charge in [0.2, 0.25) is 0 Å². The van der Waals surface area contributed by atoms with Gasteiger partial charge < -0.3 is 14.2 Å². The van der Waals surface area contributed by atoms with Crippen molar-refractivity contribution in [3.05, 3.63) is 139 Å². The molecule has 3 aromatic rings. The number of hydrogen-bond donors (Lipinski definition) is 0. The van der Waals surface area contributed by atoms with Crippen molar-refractivity contribution in [2.75, 3.05) is 19.8 Å². The van der Waals surface area contributed by atoms with Crippen LogP contribution in [0.15, 0.2) is 122 Å². The number of rotatable bonds is 20. The van der Waals surface area contributed by atoms with E-state index < -0.39 is 40.6 Å². The minimum Gasteiger partial charge on any atom is -0.502 e. The molecule has 0 aromatic heterocycles. The third kappa shape index (κ3) is 13.5. The number of alkyl halides is 6. The van der Waals surface area contributed by atoms with Gasteiger partial charge in [0, 0.05) is 12.5 Å². The number of carbonyl (C=O) groups is 2. The highest BCUT2D eigenvalue weighted by molar-refractivity contribution is 5.88. The molecule has 0 spiro atoms. The number of allylic oxidation sites excluding steroid dienone is 4. The first kappa shape index (κ1) is 43.4. The molecule has 0 N–H and O–H groups in total. The summed E-state index contributed by atoms with van der Waals surface area (Å²) in [5.74, 6) is 0.170. The second kappa shape index (κ2) is 21.1. The standard InChI is InChI=1S/C45H46F6O5/c1-3-37(52)10-9-28-54-31-27-34-15-13-32(14-16-34)11-12-33-17-19-35(20-18-33)39-25-26-40(43(45(49,50)51)42(39)44(46,47)48)36-21-23-38(24-22-36)55-29-7-5-6-8-30-56-41(53)4-2/h3-6,13,17-27,31,34H,1-2,7-12,14-16,28-30H2/b6-5-,31-27+. The molecule has 298 valence electrons. The van der Waals surface area contributed by atoms with E-state index in [0.717, 1.165) is 49.5 Å². The fourth-order valence-electron chi connectivity index (χ4n) is 6.30. The van der Waals surface area contributed by atoms with Crippen LogP contribution in [0.1, 0.15) is 68.1 Å². The van der Waals surface area contributed by atoms with Crippen molar-refractivity contribution in [1.29, 1.82) is 0 Å². The van der Waals surface area contributed by atoms with Crippen LogP contribution in [0.5, 0.6) is 5.75 Å². The molecular formula is C45H46F6O5. The van der Waals surface area contributed by atoms with E-state index in [-0.39, 0.29) is 30.1 Å². The quantitative estimate of drug-likeness (QED) is 0.0285. The Morgan fingerprint density at radius 2 is 1.36 bits per heavy atom. The zero-order valence-corrected chi connectivity index (χ0v) is 31.1. The monoisotopic (exact) mass is 780 g/mol. The van der Waals surface area contributed by atoms with Crippen molar-refractivity contribution >= 4 is 11.8 Å². The Morgan fingerprint density at radius 1 is 0.750 bits per heavy atom. The molecule has 11 heteroatoms. The third-order valence-corrected chi connectivity index (χ3v) is 9.26. The largest absolute Gasteiger partial charge is 0.502 e. The summed E-state index contributed by atoms with van der Waals surface area (Å²) < 4.78 is 104. The number of benzene rings is 3. The van der Waals surface area contributed by atoms with E-state index in [4.69, 9.17) is 14.2 Å². The van der Waals surface area contributed by atoms with Gasteiger partial charge >= 0.3 is 18.3 Å². The molecule has 0 bridgehead atoms. The molecule has 4 rings (SSSR count). The maximum absolute atomic E-state index is 14.6. The van der Waals surface area contributed by atoms with Gasteiger partial charge in [-0.15, -0.1) is 0 Å². The van der Waals surface area contributed by atoms with Gasteiger partial charge in [-0.25, -0.2) is 4.79 Å². The summed E-state index contributed by atoms with van der Waals surface area (Å²) in [5, 5.41) is 0. The lowest BCUT2D eigenvalue weighted by Gasteiger charge is -2.23. The molecule has 1 atom stereocenters. The van der Waals surface area contributed by atoms with Crippen molar-refractivity contribution in [3.8, 4) is 28.0 Å². The Kier molecular flexibility index (Phi) is 16.4. The number of ether oxygens (including phenoxy) is 3. The van der Waals surface area contributed by atoms with Gasteiger partial charge in [0.05, 0.1) is 37.2 Å². The molecule has 0 aliphatic heterocycles. The Bertz CT molecular complexity index is 1870. The lowest BCUT2D eigenvalue weighted by atomic mass is 9.86. The Labute approximate surface area is 324 Å². The normalized spacial score (nSPS) is 14.8. The molecule has 56 heavy (non-hydrogen) atoms. The van der Waals surface area contributed by atoms with E-state index in [2.05, 4.69) is 19.2 Å². The third-order valence-electron chi connectivity index (χ3n) is 9.26. The van der Waals surface area contributed by atoms with Crippen LogP contribution in [0.25, 0.3) is 22.3 Å². The van der Waals surface area contributed by atoms with E-state index in [1.807, 2.05) is 18.2 Å². The zero-order valence-electron chi connectivity index (χ0n) is 31.1.